The molecule has 0 aromatic rings. The number of ketones is 2. The fraction of sp³-hybridized carbons (Fsp3) is 0.571. The van der Waals surface area contributed by atoms with Crippen molar-refractivity contribution in [2.75, 3.05) is 0 Å². The van der Waals surface area contributed by atoms with E-state index in [1.807, 2.05) is 40.5 Å². The van der Waals surface area contributed by atoms with E-state index in [0.717, 1.165) is 0 Å². The average Bonchev–Trinajstić information content (AvgIpc) is 2.15. The molecule has 0 aliphatic carbocycles. The van der Waals surface area contributed by atoms with Crippen LogP contribution in [-0.4, -0.2) is 23.5 Å². The number of carboxylic acids is 2. The summed E-state index contributed by atoms with van der Waals surface area (Å²) >= 11 is 0. The summed E-state index contributed by atoms with van der Waals surface area (Å²) in [5, 5.41) is 19.0. The topological polar surface area (TPSA) is 114 Å². The van der Waals surface area contributed by atoms with Gasteiger partial charge in [0.2, 0.25) is 0 Å². The Balaban J connectivity index is -0.0000000576. The van der Waals surface area contributed by atoms with Crippen LogP contribution in [-0.2, 0) is 40.9 Å². The number of carbonyl (C=O) groups excluding carboxylic acids is 4. The van der Waals surface area contributed by atoms with Gasteiger partial charge in [0.25, 0.3) is 0 Å². The summed E-state index contributed by atoms with van der Waals surface area (Å²) < 4.78 is 0. The van der Waals surface area contributed by atoms with Gasteiger partial charge in [-0.05, 0) is 13.8 Å². The van der Waals surface area contributed by atoms with Crippen molar-refractivity contribution in [2.45, 2.75) is 54.4 Å². The smallest absolute Gasteiger partial charge is 0.550 e. The second kappa shape index (κ2) is 27.4. The minimum Gasteiger partial charge on any atom is -0.550 e. The van der Waals surface area contributed by atoms with Crippen LogP contribution >= 0.6 is 0 Å². The minimum atomic E-state index is -1.31. The Bertz CT molecular complexity index is 225. The Labute approximate surface area is 142 Å². The van der Waals surface area contributed by atoms with Crippen LogP contribution in [0, 0.1) is 12.8 Å². The molecule has 0 bridgehead atoms. The minimum absolute atomic E-state index is 0. The van der Waals surface area contributed by atoms with Crippen molar-refractivity contribution in [3.63, 3.8) is 0 Å². The van der Waals surface area contributed by atoms with Crippen LogP contribution in [0.1, 0.15) is 54.4 Å². The molecule has 0 aliphatic rings. The SMILES string of the molecule is CC(=O)CC(=O)[O-].CC(=O)CC(=O)[O-].C[CH-]C.C[CH-]C.[Ti+4]. The molecule has 0 fully saturated rings. The van der Waals surface area contributed by atoms with E-state index in [9.17, 15) is 29.4 Å². The van der Waals surface area contributed by atoms with Crippen molar-refractivity contribution < 1.29 is 51.1 Å². The molecular formula is C14H24O6Ti. The van der Waals surface area contributed by atoms with Gasteiger partial charge in [0.05, 0.1) is 0 Å². The summed E-state index contributed by atoms with van der Waals surface area (Å²) in [6.07, 6.45) is 3.06. The number of hydrogen-bond donors (Lipinski definition) is 0. The fourth-order valence-corrected chi connectivity index (χ4v) is 0.407. The summed E-state index contributed by atoms with van der Waals surface area (Å²) in [6.45, 7) is 10.4. The van der Waals surface area contributed by atoms with Gasteiger partial charge in [-0.2, -0.15) is 27.7 Å². The molecule has 0 rings (SSSR count). The Morgan fingerprint density at radius 1 is 0.714 bits per heavy atom. The fourth-order valence-electron chi connectivity index (χ4n) is 0.407. The van der Waals surface area contributed by atoms with Crippen LogP contribution < -0.4 is 10.2 Å². The van der Waals surface area contributed by atoms with E-state index in [2.05, 4.69) is 0 Å². The maximum absolute atomic E-state index is 9.83. The molecule has 7 heteroatoms. The molecule has 0 saturated heterocycles. The normalized spacial score (nSPS) is 7.14. The van der Waals surface area contributed by atoms with Gasteiger partial charge in [-0.15, -0.1) is 0 Å². The van der Waals surface area contributed by atoms with Crippen LogP contribution in [0.5, 0.6) is 0 Å². The Hall–Kier alpha value is -1.01. The van der Waals surface area contributed by atoms with E-state index in [1.165, 1.54) is 13.8 Å². The number of hydrogen-bond acceptors (Lipinski definition) is 6. The molecule has 0 unspecified atom stereocenters. The molecule has 0 amide bonds. The van der Waals surface area contributed by atoms with Crippen molar-refractivity contribution in [1.29, 1.82) is 0 Å². The number of aliphatic carboxylic acids is 2. The molecular weight excluding hydrogens is 312 g/mol. The van der Waals surface area contributed by atoms with E-state index in [-0.39, 0.29) is 33.3 Å². The third-order valence-corrected chi connectivity index (χ3v) is 0.787. The van der Waals surface area contributed by atoms with E-state index < -0.39 is 24.8 Å². The van der Waals surface area contributed by atoms with Gasteiger partial charge in [0, 0.05) is 24.8 Å². The van der Waals surface area contributed by atoms with Crippen LogP contribution in [0.3, 0.4) is 0 Å². The third-order valence-electron chi connectivity index (χ3n) is 0.787. The molecule has 0 heterocycles. The molecule has 0 spiro atoms. The van der Waals surface area contributed by atoms with Gasteiger partial charge in [-0.25, -0.2) is 0 Å². The molecule has 0 aromatic heterocycles. The summed E-state index contributed by atoms with van der Waals surface area (Å²) in [6, 6.07) is 0. The molecule has 0 N–H and O–H groups in total. The maximum Gasteiger partial charge on any atom is 4.00 e. The van der Waals surface area contributed by atoms with Crippen molar-refractivity contribution in [3.8, 4) is 0 Å². The van der Waals surface area contributed by atoms with Crippen LogP contribution in [0.25, 0.3) is 0 Å². The van der Waals surface area contributed by atoms with Gasteiger partial charge >= 0.3 is 21.7 Å². The van der Waals surface area contributed by atoms with E-state index in [0.29, 0.717) is 0 Å². The summed E-state index contributed by atoms with van der Waals surface area (Å²) in [7, 11) is 0. The van der Waals surface area contributed by atoms with Gasteiger partial charge in [-0.3, -0.25) is 9.59 Å². The first-order chi connectivity index (χ1) is 9.08. The molecule has 21 heavy (non-hydrogen) atoms. The van der Waals surface area contributed by atoms with Crippen LogP contribution in [0.4, 0.5) is 0 Å². The molecule has 120 valence electrons. The first-order valence-corrected chi connectivity index (χ1v) is 5.95. The predicted molar refractivity (Wildman–Crippen MR) is 71.9 cm³/mol. The van der Waals surface area contributed by atoms with Gasteiger partial charge in [-0.1, -0.05) is 0 Å². The standard InChI is InChI=1S/2C4H6O3.2C3H7.Ti/c2*1-3(5)2-4(6)7;2*1-3-2;/h2*2H2,1H3,(H,6,7);2*3H,1-2H3;/q;;2*-1;+4/p-2. The molecule has 0 radical (unpaired) electrons. The quantitative estimate of drug-likeness (QED) is 0.402. The van der Waals surface area contributed by atoms with Crippen LogP contribution in [0.15, 0.2) is 0 Å². The van der Waals surface area contributed by atoms with Gasteiger partial charge in [0.1, 0.15) is 11.6 Å². The van der Waals surface area contributed by atoms with Crippen molar-refractivity contribution in [3.05, 3.63) is 12.8 Å². The number of Topliss-reactive ketones (excluding diaryl/α,β-unsaturated/α-hetero) is 2. The molecule has 0 saturated carbocycles. The molecule has 0 aliphatic heterocycles. The first kappa shape index (κ1) is 32.1. The van der Waals surface area contributed by atoms with E-state index in [1.54, 1.807) is 0 Å². The van der Waals surface area contributed by atoms with Crippen molar-refractivity contribution in [1.82, 2.24) is 0 Å². The zero-order chi connectivity index (χ0) is 17.1. The largest absolute Gasteiger partial charge is 4.00 e. The Morgan fingerprint density at radius 3 is 0.857 bits per heavy atom. The summed E-state index contributed by atoms with van der Waals surface area (Å²) in [4.78, 5) is 38.6. The number of carboxylic acid groups (broad SMARTS) is 2. The second-order valence-corrected chi connectivity index (χ2v) is 3.66. The predicted octanol–water partition coefficient (Wildman–Crippen LogP) is -0.111. The van der Waals surface area contributed by atoms with Crippen molar-refractivity contribution >= 4 is 23.5 Å². The molecule has 0 atom stereocenters. The van der Waals surface area contributed by atoms with Gasteiger partial charge in [0.15, 0.2) is 0 Å². The monoisotopic (exact) mass is 336 g/mol. The first-order valence-electron chi connectivity index (χ1n) is 5.95. The van der Waals surface area contributed by atoms with Crippen LogP contribution in [0.2, 0.25) is 0 Å². The van der Waals surface area contributed by atoms with Gasteiger partial charge < -0.3 is 32.6 Å². The summed E-state index contributed by atoms with van der Waals surface area (Å²) in [5.74, 6) is -3.37. The second-order valence-electron chi connectivity index (χ2n) is 3.66. The Kier molecular flexibility index (Phi) is 41.8. The maximum atomic E-state index is 9.83. The molecule has 6 nitrogen and oxygen atoms in total. The molecule has 0 aromatic carbocycles. The number of carbonyl (C=O) groups is 4. The third kappa shape index (κ3) is 112. The zero-order valence-corrected chi connectivity index (χ0v) is 15.1. The summed E-state index contributed by atoms with van der Waals surface area (Å²) in [5.41, 5.74) is 0. The Morgan fingerprint density at radius 2 is 0.857 bits per heavy atom. The average molecular weight is 336 g/mol. The van der Waals surface area contributed by atoms with Crippen molar-refractivity contribution in [2.24, 2.45) is 0 Å². The van der Waals surface area contributed by atoms with E-state index in [4.69, 9.17) is 0 Å². The van der Waals surface area contributed by atoms with E-state index >= 15 is 0 Å². The zero-order valence-electron chi connectivity index (χ0n) is 13.5. The number of rotatable bonds is 4.